The van der Waals surface area contributed by atoms with Crippen molar-refractivity contribution in [1.82, 2.24) is 4.98 Å². The van der Waals surface area contributed by atoms with Crippen LogP contribution in [0.3, 0.4) is 0 Å². The van der Waals surface area contributed by atoms with Crippen molar-refractivity contribution in [2.24, 2.45) is 5.92 Å². The Balaban J connectivity index is 2.04. The fourth-order valence-corrected chi connectivity index (χ4v) is 2.14. The molecule has 1 aliphatic heterocycles. The third kappa shape index (κ3) is 2.65. The zero-order chi connectivity index (χ0) is 11.4. The van der Waals surface area contributed by atoms with Gasteiger partial charge in [0, 0.05) is 37.6 Å². The molecule has 0 aliphatic carbocycles. The fraction of sp³-hybridized carbons (Fsp3) is 0.615. The Hall–Kier alpha value is -1.25. The minimum atomic E-state index is 0.820. The SMILES string of the molecule is CCCNc1cc(N2CCC(C)C2)ccn1. The Labute approximate surface area is 97.9 Å². The highest BCUT2D eigenvalue weighted by atomic mass is 15.2. The number of anilines is 2. The van der Waals surface area contributed by atoms with E-state index in [0.717, 1.165) is 24.7 Å². The third-order valence-electron chi connectivity index (χ3n) is 3.09. The van der Waals surface area contributed by atoms with E-state index in [1.165, 1.54) is 25.2 Å². The Kier molecular flexibility index (Phi) is 3.65. The molecule has 0 saturated carbocycles. The number of nitrogens with one attached hydrogen (secondary N) is 1. The predicted octanol–water partition coefficient (Wildman–Crippen LogP) is 2.75. The van der Waals surface area contributed by atoms with Crippen molar-refractivity contribution in [2.45, 2.75) is 26.7 Å². The first kappa shape index (κ1) is 11.2. The van der Waals surface area contributed by atoms with E-state index in [0.29, 0.717) is 0 Å². The molecule has 3 nitrogen and oxygen atoms in total. The second kappa shape index (κ2) is 5.19. The predicted molar refractivity (Wildman–Crippen MR) is 69.0 cm³/mol. The lowest BCUT2D eigenvalue weighted by Gasteiger charge is -2.18. The monoisotopic (exact) mass is 219 g/mol. The standard InChI is InChI=1S/C13H21N3/c1-3-6-14-13-9-12(4-7-15-13)16-8-5-11(2)10-16/h4,7,9,11H,3,5-6,8,10H2,1-2H3,(H,14,15). The van der Waals surface area contributed by atoms with Crippen molar-refractivity contribution in [3.05, 3.63) is 18.3 Å². The van der Waals surface area contributed by atoms with Crippen molar-refractivity contribution in [2.75, 3.05) is 29.9 Å². The van der Waals surface area contributed by atoms with Crippen LogP contribution in [0, 0.1) is 5.92 Å². The van der Waals surface area contributed by atoms with E-state index < -0.39 is 0 Å². The minimum absolute atomic E-state index is 0.820. The third-order valence-corrected chi connectivity index (χ3v) is 3.09. The lowest BCUT2D eigenvalue weighted by molar-refractivity contribution is 0.659. The van der Waals surface area contributed by atoms with Crippen LogP contribution >= 0.6 is 0 Å². The summed E-state index contributed by atoms with van der Waals surface area (Å²) in [6.07, 6.45) is 4.34. The molecule has 2 heterocycles. The second-order valence-electron chi connectivity index (χ2n) is 4.67. The summed E-state index contributed by atoms with van der Waals surface area (Å²) < 4.78 is 0. The van der Waals surface area contributed by atoms with Crippen LogP contribution in [0.15, 0.2) is 18.3 Å². The molecule has 0 bridgehead atoms. The molecular formula is C13H21N3. The molecular weight excluding hydrogens is 198 g/mol. The van der Waals surface area contributed by atoms with Crippen molar-refractivity contribution >= 4 is 11.5 Å². The molecule has 1 aromatic rings. The second-order valence-corrected chi connectivity index (χ2v) is 4.67. The molecule has 3 heteroatoms. The summed E-state index contributed by atoms with van der Waals surface area (Å²) in [6.45, 7) is 7.83. The average molecular weight is 219 g/mol. The Morgan fingerprint density at radius 2 is 2.44 bits per heavy atom. The van der Waals surface area contributed by atoms with Gasteiger partial charge in [0.25, 0.3) is 0 Å². The first-order chi connectivity index (χ1) is 7.79. The van der Waals surface area contributed by atoms with Gasteiger partial charge in [0.1, 0.15) is 5.82 Å². The van der Waals surface area contributed by atoms with Gasteiger partial charge in [-0.3, -0.25) is 0 Å². The topological polar surface area (TPSA) is 28.2 Å². The van der Waals surface area contributed by atoms with Crippen molar-refractivity contribution in [3.63, 3.8) is 0 Å². The van der Waals surface area contributed by atoms with Gasteiger partial charge in [0.05, 0.1) is 0 Å². The Bertz CT molecular complexity index is 338. The molecule has 88 valence electrons. The maximum atomic E-state index is 4.33. The summed E-state index contributed by atoms with van der Waals surface area (Å²) in [7, 11) is 0. The molecule has 1 saturated heterocycles. The van der Waals surface area contributed by atoms with Gasteiger partial charge in [0.2, 0.25) is 0 Å². The van der Waals surface area contributed by atoms with Crippen molar-refractivity contribution < 1.29 is 0 Å². The highest BCUT2D eigenvalue weighted by molar-refractivity contribution is 5.54. The summed E-state index contributed by atoms with van der Waals surface area (Å²) in [6, 6.07) is 4.27. The number of pyridine rings is 1. The van der Waals surface area contributed by atoms with Crippen LogP contribution in [-0.4, -0.2) is 24.6 Å². The lowest BCUT2D eigenvalue weighted by Crippen LogP contribution is -2.19. The number of nitrogens with zero attached hydrogens (tertiary/aromatic N) is 2. The zero-order valence-corrected chi connectivity index (χ0v) is 10.2. The highest BCUT2D eigenvalue weighted by Gasteiger charge is 2.18. The summed E-state index contributed by atoms with van der Waals surface area (Å²) in [5.41, 5.74) is 1.30. The van der Waals surface area contributed by atoms with E-state index in [2.05, 4.69) is 41.2 Å². The van der Waals surface area contributed by atoms with Crippen LogP contribution in [0.2, 0.25) is 0 Å². The molecule has 2 rings (SSSR count). The van der Waals surface area contributed by atoms with Gasteiger partial charge in [-0.05, 0) is 24.8 Å². The van der Waals surface area contributed by atoms with E-state index in [1.807, 2.05) is 6.20 Å². The van der Waals surface area contributed by atoms with Crippen LogP contribution in [0.4, 0.5) is 11.5 Å². The molecule has 0 spiro atoms. The van der Waals surface area contributed by atoms with Gasteiger partial charge < -0.3 is 10.2 Å². The molecule has 1 aromatic heterocycles. The summed E-state index contributed by atoms with van der Waals surface area (Å²) in [5, 5.41) is 3.33. The average Bonchev–Trinajstić information content (AvgIpc) is 2.74. The minimum Gasteiger partial charge on any atom is -0.371 e. The summed E-state index contributed by atoms with van der Waals surface area (Å²) in [5.74, 6) is 1.82. The van der Waals surface area contributed by atoms with E-state index in [4.69, 9.17) is 0 Å². The molecule has 16 heavy (non-hydrogen) atoms. The van der Waals surface area contributed by atoms with Gasteiger partial charge in [-0.1, -0.05) is 13.8 Å². The summed E-state index contributed by atoms with van der Waals surface area (Å²) >= 11 is 0. The molecule has 1 unspecified atom stereocenters. The van der Waals surface area contributed by atoms with Gasteiger partial charge >= 0.3 is 0 Å². The Morgan fingerprint density at radius 3 is 3.12 bits per heavy atom. The normalized spacial score (nSPS) is 20.1. The Morgan fingerprint density at radius 1 is 1.56 bits per heavy atom. The molecule has 1 atom stereocenters. The first-order valence-electron chi connectivity index (χ1n) is 6.24. The van der Waals surface area contributed by atoms with Crippen LogP contribution in [-0.2, 0) is 0 Å². The van der Waals surface area contributed by atoms with Crippen LogP contribution in [0.25, 0.3) is 0 Å². The molecule has 1 aliphatic rings. The zero-order valence-electron chi connectivity index (χ0n) is 10.2. The quantitative estimate of drug-likeness (QED) is 0.844. The molecule has 1 N–H and O–H groups in total. The maximum absolute atomic E-state index is 4.33. The van der Waals surface area contributed by atoms with E-state index in [9.17, 15) is 0 Å². The first-order valence-corrected chi connectivity index (χ1v) is 6.24. The van der Waals surface area contributed by atoms with Crippen LogP contribution in [0.5, 0.6) is 0 Å². The van der Waals surface area contributed by atoms with Crippen molar-refractivity contribution in [3.8, 4) is 0 Å². The van der Waals surface area contributed by atoms with Gasteiger partial charge in [0.15, 0.2) is 0 Å². The van der Waals surface area contributed by atoms with Gasteiger partial charge in [-0.25, -0.2) is 4.98 Å². The van der Waals surface area contributed by atoms with E-state index >= 15 is 0 Å². The van der Waals surface area contributed by atoms with E-state index in [1.54, 1.807) is 0 Å². The number of rotatable bonds is 4. The molecule has 1 fully saturated rings. The molecule has 0 aromatic carbocycles. The van der Waals surface area contributed by atoms with Gasteiger partial charge in [-0.2, -0.15) is 0 Å². The maximum Gasteiger partial charge on any atom is 0.127 e. The lowest BCUT2D eigenvalue weighted by atomic mass is 10.2. The molecule has 0 radical (unpaired) electrons. The van der Waals surface area contributed by atoms with Crippen LogP contribution < -0.4 is 10.2 Å². The number of hydrogen-bond acceptors (Lipinski definition) is 3. The van der Waals surface area contributed by atoms with Crippen molar-refractivity contribution in [1.29, 1.82) is 0 Å². The molecule has 0 amide bonds. The smallest absolute Gasteiger partial charge is 0.127 e. The van der Waals surface area contributed by atoms with E-state index in [-0.39, 0.29) is 0 Å². The fourth-order valence-electron chi connectivity index (χ4n) is 2.14. The summed E-state index contributed by atoms with van der Waals surface area (Å²) in [4.78, 5) is 6.78. The largest absolute Gasteiger partial charge is 0.371 e. The number of aromatic nitrogens is 1. The highest BCUT2D eigenvalue weighted by Crippen LogP contribution is 2.24. The van der Waals surface area contributed by atoms with Crippen LogP contribution in [0.1, 0.15) is 26.7 Å². The number of hydrogen-bond donors (Lipinski definition) is 1. The van der Waals surface area contributed by atoms with Gasteiger partial charge in [-0.15, -0.1) is 0 Å².